The van der Waals surface area contributed by atoms with E-state index in [9.17, 15) is 4.79 Å². The van der Waals surface area contributed by atoms with E-state index < -0.39 is 0 Å². The van der Waals surface area contributed by atoms with Gasteiger partial charge in [-0.15, -0.1) is 0 Å². The number of hydrogen-bond donors (Lipinski definition) is 0. The number of fused-ring (bicyclic) bond motifs is 1. The molecule has 0 fully saturated rings. The monoisotopic (exact) mass is 282 g/mol. The lowest BCUT2D eigenvalue weighted by Gasteiger charge is -1.97. The molecule has 2 aromatic heterocycles. The van der Waals surface area contributed by atoms with Crippen LogP contribution in [0.5, 0.6) is 0 Å². The number of rotatable bonds is 4. The average Bonchev–Trinajstić information content (AvgIpc) is 2.99. The molecule has 0 bridgehead atoms. The number of hydrogen-bond acceptors (Lipinski definition) is 3. The third-order valence-electron chi connectivity index (χ3n) is 3.68. The molecule has 108 valence electrons. The summed E-state index contributed by atoms with van der Waals surface area (Å²) in [5.74, 6) is 0.0621. The van der Waals surface area contributed by atoms with Gasteiger partial charge in [-0.05, 0) is 19.9 Å². The van der Waals surface area contributed by atoms with Crippen LogP contribution in [0.3, 0.4) is 0 Å². The predicted octanol–water partition coefficient (Wildman–Crippen LogP) is 2.52. The van der Waals surface area contributed by atoms with E-state index in [1.54, 1.807) is 10.9 Å². The molecule has 0 saturated heterocycles. The van der Waals surface area contributed by atoms with Crippen LogP contribution in [0.1, 0.15) is 28.7 Å². The van der Waals surface area contributed by atoms with Crippen molar-refractivity contribution in [2.45, 2.75) is 26.8 Å². The zero-order valence-corrected chi connectivity index (χ0v) is 12.5. The smallest absolute Gasteiger partial charge is 0.172 e. The summed E-state index contributed by atoms with van der Waals surface area (Å²) in [6.45, 7) is 4.70. The number of carbonyl (C=O) groups excluding carboxylic acids is 1. The molecular formula is C16H18N4O. The fourth-order valence-electron chi connectivity index (χ4n) is 2.69. The molecule has 0 aliphatic carbocycles. The van der Waals surface area contributed by atoms with Crippen LogP contribution in [0.4, 0.5) is 0 Å². The van der Waals surface area contributed by atoms with Crippen molar-refractivity contribution in [1.29, 1.82) is 0 Å². The Bertz CT molecular complexity index is 813. The van der Waals surface area contributed by atoms with Gasteiger partial charge in [-0.25, -0.2) is 0 Å². The standard InChI is InChI=1S/C16H18N4O/c1-4-20-15-8-6-5-7-12(15)14(18-20)9-16(21)13-10-19(3)17-11(13)2/h5-8,10H,4,9H2,1-3H3. The van der Waals surface area contributed by atoms with Gasteiger partial charge in [-0.2, -0.15) is 10.2 Å². The van der Waals surface area contributed by atoms with Gasteiger partial charge in [0.25, 0.3) is 0 Å². The molecule has 0 N–H and O–H groups in total. The van der Waals surface area contributed by atoms with Gasteiger partial charge in [0.05, 0.1) is 28.9 Å². The highest BCUT2D eigenvalue weighted by atomic mass is 16.1. The average molecular weight is 282 g/mol. The molecule has 0 aliphatic heterocycles. The van der Waals surface area contributed by atoms with Crippen LogP contribution in [0.2, 0.25) is 0 Å². The van der Waals surface area contributed by atoms with Gasteiger partial charge in [0.2, 0.25) is 0 Å². The highest BCUT2D eigenvalue weighted by Crippen LogP contribution is 2.20. The van der Waals surface area contributed by atoms with Crippen LogP contribution in [0, 0.1) is 6.92 Å². The van der Waals surface area contributed by atoms with Crippen molar-refractivity contribution in [2.75, 3.05) is 0 Å². The highest BCUT2D eigenvalue weighted by molar-refractivity contribution is 6.00. The van der Waals surface area contributed by atoms with Crippen molar-refractivity contribution in [1.82, 2.24) is 19.6 Å². The minimum absolute atomic E-state index is 0.0621. The van der Waals surface area contributed by atoms with Gasteiger partial charge in [0.15, 0.2) is 5.78 Å². The second kappa shape index (κ2) is 5.16. The number of nitrogens with zero attached hydrogens (tertiary/aromatic N) is 4. The maximum absolute atomic E-state index is 12.5. The van der Waals surface area contributed by atoms with Crippen molar-refractivity contribution in [2.24, 2.45) is 7.05 Å². The third-order valence-corrected chi connectivity index (χ3v) is 3.68. The zero-order chi connectivity index (χ0) is 15.0. The summed E-state index contributed by atoms with van der Waals surface area (Å²) in [6, 6.07) is 8.03. The molecule has 5 nitrogen and oxygen atoms in total. The second-order valence-electron chi connectivity index (χ2n) is 5.18. The van der Waals surface area contributed by atoms with Gasteiger partial charge >= 0.3 is 0 Å². The predicted molar refractivity (Wildman–Crippen MR) is 81.4 cm³/mol. The fourth-order valence-corrected chi connectivity index (χ4v) is 2.69. The molecule has 0 spiro atoms. The van der Waals surface area contributed by atoms with Crippen molar-refractivity contribution >= 4 is 16.7 Å². The first-order chi connectivity index (χ1) is 10.1. The Balaban J connectivity index is 1.98. The fraction of sp³-hybridized carbons (Fsp3) is 0.312. The molecular weight excluding hydrogens is 264 g/mol. The lowest BCUT2D eigenvalue weighted by molar-refractivity contribution is 0.0991. The Hall–Kier alpha value is -2.43. The largest absolute Gasteiger partial charge is 0.294 e. The molecule has 0 saturated carbocycles. The van der Waals surface area contributed by atoms with Crippen molar-refractivity contribution < 1.29 is 4.79 Å². The van der Waals surface area contributed by atoms with E-state index in [0.717, 1.165) is 28.8 Å². The first-order valence-electron chi connectivity index (χ1n) is 7.08. The van der Waals surface area contributed by atoms with E-state index in [1.165, 1.54) is 0 Å². The Kier molecular flexibility index (Phi) is 3.33. The molecule has 0 aliphatic rings. The molecule has 1 aromatic carbocycles. The Morgan fingerprint density at radius 3 is 2.67 bits per heavy atom. The zero-order valence-electron chi connectivity index (χ0n) is 12.5. The Morgan fingerprint density at radius 1 is 1.24 bits per heavy atom. The lowest BCUT2D eigenvalue weighted by Crippen LogP contribution is -2.06. The maximum atomic E-state index is 12.5. The summed E-state index contributed by atoms with van der Waals surface area (Å²) in [5, 5.41) is 9.86. The van der Waals surface area contributed by atoms with E-state index in [4.69, 9.17) is 0 Å². The highest BCUT2D eigenvalue weighted by Gasteiger charge is 2.17. The minimum Gasteiger partial charge on any atom is -0.294 e. The Morgan fingerprint density at radius 2 is 2.00 bits per heavy atom. The molecule has 5 heteroatoms. The molecule has 3 aromatic rings. The summed E-state index contributed by atoms with van der Waals surface area (Å²) >= 11 is 0. The minimum atomic E-state index is 0.0621. The number of ketones is 1. The van der Waals surface area contributed by atoms with Crippen LogP contribution in [-0.4, -0.2) is 25.3 Å². The van der Waals surface area contributed by atoms with E-state index in [0.29, 0.717) is 12.0 Å². The van der Waals surface area contributed by atoms with Crippen molar-refractivity contribution in [3.8, 4) is 0 Å². The summed E-state index contributed by atoms with van der Waals surface area (Å²) in [7, 11) is 1.82. The number of aromatic nitrogens is 4. The Labute approximate surface area is 123 Å². The summed E-state index contributed by atoms with van der Waals surface area (Å²) < 4.78 is 3.61. The van der Waals surface area contributed by atoms with Gasteiger partial charge < -0.3 is 0 Å². The van der Waals surface area contributed by atoms with Crippen LogP contribution in [0.15, 0.2) is 30.5 Å². The second-order valence-corrected chi connectivity index (χ2v) is 5.18. The summed E-state index contributed by atoms with van der Waals surface area (Å²) in [5.41, 5.74) is 3.35. The van der Waals surface area contributed by atoms with Gasteiger partial charge in [0.1, 0.15) is 0 Å². The first-order valence-corrected chi connectivity index (χ1v) is 7.08. The molecule has 0 radical (unpaired) electrons. The van der Waals surface area contributed by atoms with Gasteiger partial charge in [-0.3, -0.25) is 14.2 Å². The summed E-state index contributed by atoms with van der Waals surface area (Å²) in [4.78, 5) is 12.5. The SMILES string of the molecule is CCn1nc(CC(=O)c2cn(C)nc2C)c2ccccc21. The molecule has 2 heterocycles. The third kappa shape index (κ3) is 2.35. The number of benzene rings is 1. The topological polar surface area (TPSA) is 52.7 Å². The van der Waals surface area contributed by atoms with Gasteiger partial charge in [0, 0.05) is 25.2 Å². The molecule has 0 amide bonds. The number of Topliss-reactive ketones (excluding diaryl/α,β-unsaturated/α-hetero) is 1. The number of para-hydroxylation sites is 1. The maximum Gasteiger partial charge on any atom is 0.172 e. The summed E-state index contributed by atoms with van der Waals surface area (Å²) in [6.07, 6.45) is 2.08. The lowest BCUT2D eigenvalue weighted by atomic mass is 10.1. The number of carbonyl (C=O) groups is 1. The molecule has 3 rings (SSSR count). The van der Waals surface area contributed by atoms with Crippen molar-refractivity contribution in [3.63, 3.8) is 0 Å². The van der Waals surface area contributed by atoms with Gasteiger partial charge in [-0.1, -0.05) is 18.2 Å². The van der Waals surface area contributed by atoms with Crippen LogP contribution < -0.4 is 0 Å². The van der Waals surface area contributed by atoms with Crippen molar-refractivity contribution in [3.05, 3.63) is 47.4 Å². The number of aryl methyl sites for hydroxylation is 3. The van der Waals surface area contributed by atoms with E-state index in [2.05, 4.69) is 17.1 Å². The molecule has 0 atom stereocenters. The van der Waals surface area contributed by atoms with Crippen LogP contribution in [0.25, 0.3) is 10.9 Å². The van der Waals surface area contributed by atoms with Crippen LogP contribution >= 0.6 is 0 Å². The van der Waals surface area contributed by atoms with E-state index >= 15 is 0 Å². The molecule has 0 unspecified atom stereocenters. The van der Waals surface area contributed by atoms with E-state index in [-0.39, 0.29) is 5.78 Å². The van der Waals surface area contributed by atoms with E-state index in [1.807, 2.05) is 42.9 Å². The molecule has 21 heavy (non-hydrogen) atoms. The first kappa shape index (κ1) is 13.5. The normalized spacial score (nSPS) is 11.2. The van der Waals surface area contributed by atoms with Crippen LogP contribution in [-0.2, 0) is 20.0 Å². The quantitative estimate of drug-likeness (QED) is 0.691.